The van der Waals surface area contributed by atoms with Gasteiger partial charge in [0.1, 0.15) is 17.2 Å². The van der Waals surface area contributed by atoms with Crippen LogP contribution in [0.2, 0.25) is 0 Å². The summed E-state index contributed by atoms with van der Waals surface area (Å²) in [6, 6.07) is 7.81. The minimum atomic E-state index is -0.365. The molecule has 0 N–H and O–H groups in total. The van der Waals surface area contributed by atoms with Crippen LogP contribution in [0.3, 0.4) is 0 Å². The van der Waals surface area contributed by atoms with Crippen LogP contribution in [0.15, 0.2) is 30.3 Å². The minimum absolute atomic E-state index is 0.0106. The summed E-state index contributed by atoms with van der Waals surface area (Å²) in [5.41, 5.74) is 2.75. The highest BCUT2D eigenvalue weighted by Crippen LogP contribution is 2.48. The largest absolute Gasteiger partial charge is 0.486 e. The van der Waals surface area contributed by atoms with Gasteiger partial charge in [-0.2, -0.15) is 0 Å². The maximum Gasteiger partial charge on any atom is 0.171 e. The van der Waals surface area contributed by atoms with Crippen LogP contribution in [-0.4, -0.2) is 17.7 Å². The number of benzene rings is 2. The summed E-state index contributed by atoms with van der Waals surface area (Å²) in [5, 5.41) is 0. The smallest absolute Gasteiger partial charge is 0.171 e. The Balaban J connectivity index is 1.97. The van der Waals surface area contributed by atoms with E-state index in [1.165, 1.54) is 12.1 Å². The van der Waals surface area contributed by atoms with Gasteiger partial charge in [0.25, 0.3) is 0 Å². The Kier molecular flexibility index (Phi) is 4.14. The Morgan fingerprint density at radius 2 is 1.92 bits per heavy atom. The Morgan fingerprint density at radius 3 is 2.50 bits per heavy atom. The molecule has 0 saturated heterocycles. The van der Waals surface area contributed by atoms with Crippen LogP contribution < -0.4 is 4.74 Å². The zero-order valence-corrected chi connectivity index (χ0v) is 14.8. The normalized spacial score (nSPS) is 17.4. The molecule has 4 heteroatoms. The summed E-state index contributed by atoms with van der Waals surface area (Å²) in [6.07, 6.45) is 5.61. The highest BCUT2D eigenvalue weighted by Gasteiger charge is 2.46. The topological polar surface area (TPSA) is 43.4 Å². The van der Waals surface area contributed by atoms with Gasteiger partial charge in [-0.15, -0.1) is 0 Å². The molecule has 0 aromatic heterocycles. The third-order valence-corrected chi connectivity index (χ3v) is 5.54. The fraction of sp³-hybridized carbons (Fsp3) is 0.364. The molecule has 1 heterocycles. The Bertz CT molecular complexity index is 879. The number of Topliss-reactive ketones (excluding diaryl/α,β-unsaturated/α-hetero) is 1. The maximum absolute atomic E-state index is 13.4. The van der Waals surface area contributed by atoms with Gasteiger partial charge < -0.3 is 4.74 Å². The van der Waals surface area contributed by atoms with E-state index in [-0.39, 0.29) is 17.2 Å². The van der Waals surface area contributed by atoms with Crippen molar-refractivity contribution in [1.29, 1.82) is 0 Å². The van der Waals surface area contributed by atoms with E-state index in [0.29, 0.717) is 34.4 Å². The van der Waals surface area contributed by atoms with E-state index in [1.807, 2.05) is 13.0 Å². The summed E-state index contributed by atoms with van der Waals surface area (Å²) in [4.78, 5) is 24.9. The SMILES string of the molecule is CCCc1cc2c(c(-c3ccc(F)cc3)c1C=O)C(=O)CC1(CCC1)O2. The third-order valence-electron chi connectivity index (χ3n) is 5.54. The number of ether oxygens (including phenoxy) is 1. The highest BCUT2D eigenvalue weighted by atomic mass is 19.1. The first-order valence-electron chi connectivity index (χ1n) is 9.20. The second-order valence-electron chi connectivity index (χ2n) is 7.31. The summed E-state index contributed by atoms with van der Waals surface area (Å²) in [5.74, 6) is 0.238. The molecular formula is C22H21FO3. The number of carbonyl (C=O) groups excluding carboxylic acids is 2. The van der Waals surface area contributed by atoms with E-state index in [9.17, 15) is 14.0 Å². The van der Waals surface area contributed by atoms with E-state index >= 15 is 0 Å². The van der Waals surface area contributed by atoms with Crippen molar-refractivity contribution in [3.63, 3.8) is 0 Å². The van der Waals surface area contributed by atoms with Gasteiger partial charge in [-0.3, -0.25) is 9.59 Å². The standard InChI is InChI=1S/C22H21FO3/c1-2-4-15-11-19-21(18(25)12-22(26-19)9-3-10-22)20(17(15)13-24)14-5-7-16(23)8-6-14/h5-8,11,13H,2-4,9-10,12H2,1H3. The minimum Gasteiger partial charge on any atom is -0.486 e. The van der Waals surface area contributed by atoms with Crippen molar-refractivity contribution in [1.82, 2.24) is 0 Å². The molecule has 2 aromatic rings. The molecule has 2 aromatic carbocycles. The second kappa shape index (κ2) is 6.35. The number of hydrogen-bond acceptors (Lipinski definition) is 3. The van der Waals surface area contributed by atoms with Crippen LogP contribution in [0.1, 0.15) is 65.3 Å². The van der Waals surface area contributed by atoms with Crippen LogP contribution >= 0.6 is 0 Å². The van der Waals surface area contributed by atoms with Gasteiger partial charge in [0.2, 0.25) is 0 Å². The molecule has 0 atom stereocenters. The number of ketones is 1. The van der Waals surface area contributed by atoms with E-state index in [1.54, 1.807) is 12.1 Å². The number of halogens is 1. The van der Waals surface area contributed by atoms with Crippen molar-refractivity contribution in [3.05, 3.63) is 52.8 Å². The molecule has 0 amide bonds. The number of hydrogen-bond donors (Lipinski definition) is 0. The molecule has 0 bridgehead atoms. The highest BCUT2D eigenvalue weighted by molar-refractivity contribution is 6.10. The van der Waals surface area contributed by atoms with Crippen molar-refractivity contribution in [2.24, 2.45) is 0 Å². The average Bonchev–Trinajstić information content (AvgIpc) is 2.60. The molecule has 1 aliphatic carbocycles. The zero-order valence-electron chi connectivity index (χ0n) is 14.8. The lowest BCUT2D eigenvalue weighted by atomic mass is 9.73. The molecule has 0 unspecified atom stereocenters. The van der Waals surface area contributed by atoms with Crippen molar-refractivity contribution >= 4 is 12.1 Å². The number of fused-ring (bicyclic) bond motifs is 1. The maximum atomic E-state index is 13.4. The van der Waals surface area contributed by atoms with Crippen LogP contribution in [0.25, 0.3) is 11.1 Å². The predicted molar refractivity (Wildman–Crippen MR) is 97.4 cm³/mol. The second-order valence-corrected chi connectivity index (χ2v) is 7.31. The molecule has 0 radical (unpaired) electrons. The van der Waals surface area contributed by atoms with E-state index in [0.717, 1.165) is 44.0 Å². The Morgan fingerprint density at radius 1 is 1.19 bits per heavy atom. The first kappa shape index (κ1) is 17.0. The number of rotatable bonds is 4. The molecule has 134 valence electrons. The predicted octanol–water partition coefficient (Wildman–Crippen LogP) is 5.15. The first-order chi connectivity index (χ1) is 12.6. The monoisotopic (exact) mass is 352 g/mol. The Labute approximate surface area is 152 Å². The lowest BCUT2D eigenvalue weighted by Crippen LogP contribution is -2.47. The van der Waals surface area contributed by atoms with E-state index in [2.05, 4.69) is 0 Å². The van der Waals surface area contributed by atoms with E-state index in [4.69, 9.17) is 4.74 Å². The Hall–Kier alpha value is -2.49. The lowest BCUT2D eigenvalue weighted by Gasteiger charge is -2.45. The van der Waals surface area contributed by atoms with Gasteiger partial charge in [-0.25, -0.2) is 4.39 Å². The van der Waals surface area contributed by atoms with Crippen LogP contribution in [0.5, 0.6) is 5.75 Å². The number of aldehydes is 1. The van der Waals surface area contributed by atoms with E-state index < -0.39 is 0 Å². The van der Waals surface area contributed by atoms with Gasteiger partial charge in [0.05, 0.1) is 12.0 Å². The molecule has 1 fully saturated rings. The van der Waals surface area contributed by atoms with Crippen molar-refractivity contribution in [2.45, 2.75) is 51.0 Å². The molecule has 1 saturated carbocycles. The van der Waals surface area contributed by atoms with Crippen molar-refractivity contribution in [2.75, 3.05) is 0 Å². The molecule has 1 aliphatic heterocycles. The quantitative estimate of drug-likeness (QED) is 0.715. The summed E-state index contributed by atoms with van der Waals surface area (Å²) in [6.45, 7) is 2.05. The lowest BCUT2D eigenvalue weighted by molar-refractivity contribution is -0.0176. The van der Waals surface area contributed by atoms with Gasteiger partial charge in [-0.05, 0) is 55.0 Å². The fourth-order valence-corrected chi connectivity index (χ4v) is 4.11. The molecule has 1 spiro atoms. The number of carbonyl (C=O) groups is 2. The molecule has 26 heavy (non-hydrogen) atoms. The van der Waals surface area contributed by atoms with Crippen LogP contribution in [0, 0.1) is 5.82 Å². The van der Waals surface area contributed by atoms with Gasteiger partial charge in [-0.1, -0.05) is 25.5 Å². The fourth-order valence-electron chi connectivity index (χ4n) is 4.11. The summed E-state index contributed by atoms with van der Waals surface area (Å²) in [7, 11) is 0. The van der Waals surface area contributed by atoms with Crippen LogP contribution in [-0.2, 0) is 6.42 Å². The molecular weight excluding hydrogens is 331 g/mol. The van der Waals surface area contributed by atoms with Gasteiger partial charge in [0.15, 0.2) is 12.1 Å². The van der Waals surface area contributed by atoms with Crippen molar-refractivity contribution < 1.29 is 18.7 Å². The van der Waals surface area contributed by atoms with Crippen molar-refractivity contribution in [3.8, 4) is 16.9 Å². The van der Waals surface area contributed by atoms with Gasteiger partial charge >= 0.3 is 0 Å². The zero-order chi connectivity index (χ0) is 18.3. The summed E-state index contributed by atoms with van der Waals surface area (Å²) >= 11 is 0. The summed E-state index contributed by atoms with van der Waals surface area (Å²) < 4.78 is 19.7. The average molecular weight is 352 g/mol. The molecule has 3 nitrogen and oxygen atoms in total. The molecule has 2 aliphatic rings. The third kappa shape index (κ3) is 2.64. The van der Waals surface area contributed by atoms with Gasteiger partial charge in [0, 0.05) is 11.1 Å². The molecule has 4 rings (SSSR count). The first-order valence-corrected chi connectivity index (χ1v) is 9.20. The van der Waals surface area contributed by atoms with Crippen LogP contribution in [0.4, 0.5) is 4.39 Å². The number of aryl methyl sites for hydroxylation is 1.